The number of para-hydroxylation sites is 1. The van der Waals surface area contributed by atoms with Gasteiger partial charge >= 0.3 is 6.18 Å². The van der Waals surface area contributed by atoms with Crippen molar-refractivity contribution in [3.63, 3.8) is 0 Å². The molecule has 2 N–H and O–H groups in total. The highest BCUT2D eigenvalue weighted by molar-refractivity contribution is 5.99. The van der Waals surface area contributed by atoms with Crippen LogP contribution in [-0.2, 0) is 0 Å². The van der Waals surface area contributed by atoms with Gasteiger partial charge in [-0.3, -0.25) is 4.79 Å². The quantitative estimate of drug-likeness (QED) is 0.786. The van der Waals surface area contributed by atoms with Crippen molar-refractivity contribution in [3.05, 3.63) is 29.8 Å². The maximum atomic E-state index is 12.0. The lowest BCUT2D eigenvalue weighted by atomic mass is 10.1. The average molecular weight is 288 g/mol. The second kappa shape index (κ2) is 7.17. The molecule has 6 heteroatoms. The number of carbonyl (C=O) groups excluding carboxylic acids is 1. The van der Waals surface area contributed by atoms with Crippen molar-refractivity contribution in [2.24, 2.45) is 0 Å². The molecular formula is C14H19F3N2O. The number of nitrogens with one attached hydrogen (secondary N) is 2. The maximum Gasteiger partial charge on any atom is 0.389 e. The standard InChI is InChI=1S/C14H19F3N2O/c1-10(2)19-12-7-4-3-6-11(12)13(20)18-9-5-8-14(15,16)17/h3-4,6-7,10,19H,5,8-9H2,1-2H3,(H,18,20). The van der Waals surface area contributed by atoms with E-state index in [-0.39, 0.29) is 24.9 Å². The average Bonchev–Trinajstić information content (AvgIpc) is 2.33. The van der Waals surface area contributed by atoms with Gasteiger partial charge in [-0.1, -0.05) is 12.1 Å². The van der Waals surface area contributed by atoms with Crippen molar-refractivity contribution in [2.45, 2.75) is 38.9 Å². The van der Waals surface area contributed by atoms with Crippen molar-refractivity contribution >= 4 is 11.6 Å². The molecule has 0 saturated carbocycles. The van der Waals surface area contributed by atoms with Crippen LogP contribution in [0.2, 0.25) is 0 Å². The first-order chi connectivity index (χ1) is 9.29. The van der Waals surface area contributed by atoms with Crippen LogP contribution in [0.5, 0.6) is 0 Å². The molecule has 0 radical (unpaired) electrons. The van der Waals surface area contributed by atoms with Gasteiger partial charge in [0.25, 0.3) is 5.91 Å². The number of benzene rings is 1. The molecule has 0 atom stereocenters. The van der Waals surface area contributed by atoms with E-state index in [4.69, 9.17) is 0 Å². The zero-order valence-corrected chi connectivity index (χ0v) is 11.6. The van der Waals surface area contributed by atoms with E-state index in [9.17, 15) is 18.0 Å². The first-order valence-electron chi connectivity index (χ1n) is 6.50. The summed E-state index contributed by atoms with van der Waals surface area (Å²) in [6, 6.07) is 7.09. The van der Waals surface area contributed by atoms with Crippen molar-refractivity contribution in [1.29, 1.82) is 0 Å². The fourth-order valence-electron chi connectivity index (χ4n) is 1.70. The summed E-state index contributed by atoms with van der Waals surface area (Å²) in [7, 11) is 0. The van der Waals surface area contributed by atoms with Gasteiger partial charge < -0.3 is 10.6 Å². The summed E-state index contributed by atoms with van der Waals surface area (Å²) in [4.78, 5) is 11.9. The Labute approximate surface area is 116 Å². The van der Waals surface area contributed by atoms with Gasteiger partial charge in [-0.2, -0.15) is 13.2 Å². The van der Waals surface area contributed by atoms with Crippen LogP contribution in [0, 0.1) is 0 Å². The predicted molar refractivity (Wildman–Crippen MR) is 72.8 cm³/mol. The summed E-state index contributed by atoms with van der Waals surface area (Å²) in [6.07, 6.45) is -5.18. The van der Waals surface area contributed by atoms with Gasteiger partial charge in [0, 0.05) is 24.7 Å². The van der Waals surface area contributed by atoms with Gasteiger partial charge in [-0.15, -0.1) is 0 Å². The molecule has 1 aromatic rings. The van der Waals surface area contributed by atoms with Crippen LogP contribution in [0.15, 0.2) is 24.3 Å². The highest BCUT2D eigenvalue weighted by atomic mass is 19.4. The number of rotatable bonds is 6. The SMILES string of the molecule is CC(C)Nc1ccccc1C(=O)NCCCC(F)(F)F. The Morgan fingerprint density at radius 1 is 1.25 bits per heavy atom. The summed E-state index contributed by atoms with van der Waals surface area (Å²) in [5, 5.41) is 5.63. The number of hydrogen-bond donors (Lipinski definition) is 2. The molecule has 3 nitrogen and oxygen atoms in total. The first kappa shape index (κ1) is 16.3. The predicted octanol–water partition coefficient (Wildman–Crippen LogP) is 3.58. The van der Waals surface area contributed by atoms with Gasteiger partial charge in [0.1, 0.15) is 0 Å². The Kier molecular flexibility index (Phi) is 5.85. The second-order valence-electron chi connectivity index (χ2n) is 4.82. The van der Waals surface area contributed by atoms with E-state index >= 15 is 0 Å². The third kappa shape index (κ3) is 5.95. The zero-order chi connectivity index (χ0) is 15.2. The first-order valence-corrected chi connectivity index (χ1v) is 6.50. The number of halogens is 3. The highest BCUT2D eigenvalue weighted by Crippen LogP contribution is 2.21. The molecule has 0 heterocycles. The lowest BCUT2D eigenvalue weighted by molar-refractivity contribution is -0.135. The van der Waals surface area contributed by atoms with Crippen LogP contribution in [0.3, 0.4) is 0 Å². The number of hydrogen-bond acceptors (Lipinski definition) is 2. The van der Waals surface area contributed by atoms with Crippen LogP contribution in [-0.4, -0.2) is 24.7 Å². The maximum absolute atomic E-state index is 12.0. The molecule has 0 spiro atoms. The van der Waals surface area contributed by atoms with Crippen LogP contribution >= 0.6 is 0 Å². The molecule has 1 amide bonds. The largest absolute Gasteiger partial charge is 0.389 e. The smallest absolute Gasteiger partial charge is 0.382 e. The molecule has 0 aliphatic carbocycles. The van der Waals surface area contributed by atoms with E-state index in [0.29, 0.717) is 11.3 Å². The molecule has 0 aliphatic heterocycles. The molecular weight excluding hydrogens is 269 g/mol. The number of carbonyl (C=O) groups is 1. The fourth-order valence-corrected chi connectivity index (χ4v) is 1.70. The van der Waals surface area contributed by atoms with Gasteiger partial charge in [-0.05, 0) is 32.4 Å². The highest BCUT2D eigenvalue weighted by Gasteiger charge is 2.26. The van der Waals surface area contributed by atoms with E-state index in [1.54, 1.807) is 24.3 Å². The van der Waals surface area contributed by atoms with Crippen molar-refractivity contribution in [2.75, 3.05) is 11.9 Å². The molecule has 0 aromatic heterocycles. The minimum absolute atomic E-state index is 0.00829. The van der Waals surface area contributed by atoms with E-state index in [2.05, 4.69) is 10.6 Å². The van der Waals surface area contributed by atoms with Crippen molar-refractivity contribution < 1.29 is 18.0 Å². The fraction of sp³-hybridized carbons (Fsp3) is 0.500. The summed E-state index contributed by atoms with van der Waals surface area (Å²) >= 11 is 0. The third-order valence-electron chi connectivity index (χ3n) is 2.54. The number of anilines is 1. The van der Waals surface area contributed by atoms with Crippen molar-refractivity contribution in [1.82, 2.24) is 5.32 Å². The lowest BCUT2D eigenvalue weighted by Crippen LogP contribution is -2.27. The number of amides is 1. The summed E-state index contributed by atoms with van der Waals surface area (Å²) < 4.78 is 36.0. The van der Waals surface area contributed by atoms with E-state index in [0.717, 1.165) is 0 Å². The monoisotopic (exact) mass is 288 g/mol. The van der Waals surface area contributed by atoms with Gasteiger partial charge in [-0.25, -0.2) is 0 Å². The Hall–Kier alpha value is -1.72. The van der Waals surface area contributed by atoms with Crippen LogP contribution in [0.4, 0.5) is 18.9 Å². The van der Waals surface area contributed by atoms with Crippen LogP contribution in [0.1, 0.15) is 37.0 Å². The molecule has 112 valence electrons. The molecule has 0 aliphatic rings. The third-order valence-corrected chi connectivity index (χ3v) is 2.54. The minimum atomic E-state index is -4.18. The Bertz CT molecular complexity index is 444. The molecule has 1 rings (SSSR count). The topological polar surface area (TPSA) is 41.1 Å². The van der Waals surface area contributed by atoms with Crippen molar-refractivity contribution in [3.8, 4) is 0 Å². The van der Waals surface area contributed by atoms with E-state index < -0.39 is 12.6 Å². The molecule has 20 heavy (non-hydrogen) atoms. The minimum Gasteiger partial charge on any atom is -0.382 e. The molecule has 1 aromatic carbocycles. The number of alkyl halides is 3. The van der Waals surface area contributed by atoms with Crippen LogP contribution in [0.25, 0.3) is 0 Å². The Morgan fingerprint density at radius 3 is 2.50 bits per heavy atom. The second-order valence-corrected chi connectivity index (χ2v) is 4.82. The molecule has 0 bridgehead atoms. The van der Waals surface area contributed by atoms with E-state index in [1.807, 2.05) is 13.8 Å². The molecule has 0 unspecified atom stereocenters. The normalized spacial score (nSPS) is 11.5. The van der Waals surface area contributed by atoms with Gasteiger partial charge in [0.15, 0.2) is 0 Å². The summed E-state index contributed by atoms with van der Waals surface area (Å²) in [5.41, 5.74) is 1.11. The van der Waals surface area contributed by atoms with E-state index in [1.165, 1.54) is 0 Å². The Balaban J connectivity index is 2.55. The summed E-state index contributed by atoms with van der Waals surface area (Å²) in [5.74, 6) is -0.365. The lowest BCUT2D eigenvalue weighted by Gasteiger charge is -2.14. The van der Waals surface area contributed by atoms with Gasteiger partial charge in [0.05, 0.1) is 5.56 Å². The Morgan fingerprint density at radius 2 is 1.90 bits per heavy atom. The molecule has 0 fully saturated rings. The molecule has 0 saturated heterocycles. The summed E-state index contributed by atoms with van der Waals surface area (Å²) in [6.45, 7) is 3.89. The van der Waals surface area contributed by atoms with Gasteiger partial charge in [0.2, 0.25) is 0 Å². The van der Waals surface area contributed by atoms with Crippen LogP contribution < -0.4 is 10.6 Å². The zero-order valence-electron chi connectivity index (χ0n) is 11.6.